The molecule has 0 bridgehead atoms. The highest BCUT2D eigenvalue weighted by molar-refractivity contribution is 5.77. The van der Waals surface area contributed by atoms with Gasteiger partial charge >= 0.3 is 0 Å². The molecule has 2 unspecified atom stereocenters. The molecule has 0 N–H and O–H groups in total. The van der Waals surface area contributed by atoms with Crippen LogP contribution in [0.1, 0.15) is 63.1 Å². The number of likely N-dealkylation sites (tertiary alicyclic amines) is 1. The second-order valence-corrected chi connectivity index (χ2v) is 6.97. The molecular formula is C17H27N3O4. The summed E-state index contributed by atoms with van der Waals surface area (Å²) in [6, 6.07) is 0. The number of hydrogen-bond donors (Lipinski definition) is 0. The van der Waals surface area contributed by atoms with Crippen LogP contribution in [0.3, 0.4) is 0 Å². The van der Waals surface area contributed by atoms with Crippen molar-refractivity contribution in [2.24, 2.45) is 0 Å². The summed E-state index contributed by atoms with van der Waals surface area (Å²) < 4.78 is 16.3. The van der Waals surface area contributed by atoms with E-state index in [-0.39, 0.29) is 30.5 Å². The summed E-state index contributed by atoms with van der Waals surface area (Å²) >= 11 is 0. The van der Waals surface area contributed by atoms with Crippen LogP contribution in [0.5, 0.6) is 0 Å². The fraction of sp³-hybridized carbons (Fsp3) is 0.824. The van der Waals surface area contributed by atoms with Gasteiger partial charge < -0.3 is 18.9 Å². The summed E-state index contributed by atoms with van der Waals surface area (Å²) in [5, 5.41) is 4.10. The summed E-state index contributed by atoms with van der Waals surface area (Å²) in [5.41, 5.74) is 0. The number of carbonyl (C=O) groups excluding carboxylic acids is 1. The van der Waals surface area contributed by atoms with Crippen LogP contribution in [0.25, 0.3) is 0 Å². The fourth-order valence-corrected chi connectivity index (χ4v) is 3.21. The Balaban J connectivity index is 1.47. The van der Waals surface area contributed by atoms with Crippen molar-refractivity contribution in [3.05, 3.63) is 11.7 Å². The highest BCUT2D eigenvalue weighted by Gasteiger charge is 2.28. The zero-order valence-corrected chi connectivity index (χ0v) is 14.6. The van der Waals surface area contributed by atoms with Gasteiger partial charge in [-0.2, -0.15) is 4.98 Å². The number of nitrogens with zero attached hydrogens (tertiary/aromatic N) is 3. The standard InChI is InChI=1S/C17H27N3O4/c1-12(2)17-18-16(19-24-17)13-5-3-7-20(9-13)15(21)11-22-10-14-6-4-8-23-14/h12-14H,3-11H2,1-2H3. The molecule has 3 heterocycles. The van der Waals surface area contributed by atoms with Gasteiger partial charge in [-0.1, -0.05) is 19.0 Å². The van der Waals surface area contributed by atoms with Crippen molar-refractivity contribution in [2.45, 2.75) is 57.5 Å². The molecule has 24 heavy (non-hydrogen) atoms. The summed E-state index contributed by atoms with van der Waals surface area (Å²) in [6.45, 7) is 6.89. The van der Waals surface area contributed by atoms with Gasteiger partial charge in [0.15, 0.2) is 5.82 Å². The Morgan fingerprint density at radius 1 is 1.38 bits per heavy atom. The number of rotatable bonds is 6. The van der Waals surface area contributed by atoms with Crippen LogP contribution in [0.15, 0.2) is 4.52 Å². The minimum Gasteiger partial charge on any atom is -0.376 e. The first-order chi connectivity index (χ1) is 11.6. The number of hydrogen-bond acceptors (Lipinski definition) is 6. The Kier molecular flexibility index (Phi) is 5.84. The highest BCUT2D eigenvalue weighted by Crippen LogP contribution is 2.26. The summed E-state index contributed by atoms with van der Waals surface area (Å²) in [6.07, 6.45) is 4.20. The molecule has 134 valence electrons. The van der Waals surface area contributed by atoms with Crippen molar-refractivity contribution in [1.29, 1.82) is 0 Å². The van der Waals surface area contributed by atoms with Gasteiger partial charge in [0, 0.05) is 31.5 Å². The van der Waals surface area contributed by atoms with Crippen LogP contribution in [-0.4, -0.2) is 60.0 Å². The maximum absolute atomic E-state index is 12.4. The van der Waals surface area contributed by atoms with Gasteiger partial charge in [-0.15, -0.1) is 0 Å². The minimum absolute atomic E-state index is 0.0327. The molecule has 0 saturated carbocycles. The van der Waals surface area contributed by atoms with E-state index in [0.29, 0.717) is 19.0 Å². The SMILES string of the molecule is CC(C)c1nc(C2CCCN(C(=O)COCC3CCCO3)C2)no1. The quantitative estimate of drug-likeness (QED) is 0.791. The third kappa shape index (κ3) is 4.33. The molecule has 0 spiro atoms. The van der Waals surface area contributed by atoms with Crippen molar-refractivity contribution < 1.29 is 18.8 Å². The van der Waals surface area contributed by atoms with E-state index in [1.807, 2.05) is 18.7 Å². The second kappa shape index (κ2) is 8.07. The Hall–Kier alpha value is -1.47. The van der Waals surface area contributed by atoms with E-state index in [9.17, 15) is 4.79 Å². The molecule has 2 aliphatic heterocycles. The predicted molar refractivity (Wildman–Crippen MR) is 86.7 cm³/mol. The molecule has 1 amide bonds. The third-order valence-corrected chi connectivity index (χ3v) is 4.64. The smallest absolute Gasteiger partial charge is 0.248 e. The number of carbonyl (C=O) groups is 1. The lowest BCUT2D eigenvalue weighted by molar-refractivity contribution is -0.138. The van der Waals surface area contributed by atoms with Crippen molar-refractivity contribution in [1.82, 2.24) is 15.0 Å². The zero-order chi connectivity index (χ0) is 16.9. The van der Waals surface area contributed by atoms with Crippen LogP contribution in [0, 0.1) is 0 Å². The summed E-state index contributed by atoms with van der Waals surface area (Å²) in [7, 11) is 0. The van der Waals surface area contributed by atoms with Gasteiger partial charge in [-0.3, -0.25) is 4.79 Å². The molecule has 0 aromatic carbocycles. The molecule has 2 aliphatic rings. The molecule has 0 aliphatic carbocycles. The van der Waals surface area contributed by atoms with E-state index in [0.717, 1.165) is 44.7 Å². The topological polar surface area (TPSA) is 77.7 Å². The Labute approximate surface area is 142 Å². The second-order valence-electron chi connectivity index (χ2n) is 6.97. The van der Waals surface area contributed by atoms with Gasteiger partial charge in [0.05, 0.1) is 12.7 Å². The van der Waals surface area contributed by atoms with Crippen molar-refractivity contribution >= 4 is 5.91 Å². The molecule has 0 radical (unpaired) electrons. The van der Waals surface area contributed by atoms with Crippen LogP contribution in [0.4, 0.5) is 0 Å². The van der Waals surface area contributed by atoms with Gasteiger partial charge in [-0.25, -0.2) is 0 Å². The predicted octanol–water partition coefficient (Wildman–Crippen LogP) is 2.09. The molecule has 2 atom stereocenters. The highest BCUT2D eigenvalue weighted by atomic mass is 16.5. The average Bonchev–Trinajstić information content (AvgIpc) is 3.26. The lowest BCUT2D eigenvalue weighted by Crippen LogP contribution is -2.41. The molecular weight excluding hydrogens is 310 g/mol. The van der Waals surface area contributed by atoms with Gasteiger partial charge in [0.25, 0.3) is 0 Å². The molecule has 3 rings (SSSR count). The van der Waals surface area contributed by atoms with Crippen LogP contribution in [-0.2, 0) is 14.3 Å². The van der Waals surface area contributed by atoms with Gasteiger partial charge in [0.1, 0.15) is 6.61 Å². The van der Waals surface area contributed by atoms with E-state index in [1.54, 1.807) is 0 Å². The lowest BCUT2D eigenvalue weighted by Gasteiger charge is -2.31. The summed E-state index contributed by atoms with van der Waals surface area (Å²) in [4.78, 5) is 18.7. The molecule has 2 fully saturated rings. The molecule has 2 saturated heterocycles. The van der Waals surface area contributed by atoms with Crippen LogP contribution >= 0.6 is 0 Å². The maximum atomic E-state index is 12.4. The molecule has 1 aromatic heterocycles. The maximum Gasteiger partial charge on any atom is 0.248 e. The molecule has 1 aromatic rings. The normalized spacial score (nSPS) is 24.7. The van der Waals surface area contributed by atoms with Gasteiger partial charge in [-0.05, 0) is 25.7 Å². The first-order valence-corrected chi connectivity index (χ1v) is 8.94. The van der Waals surface area contributed by atoms with E-state index in [4.69, 9.17) is 14.0 Å². The third-order valence-electron chi connectivity index (χ3n) is 4.64. The van der Waals surface area contributed by atoms with E-state index < -0.39 is 0 Å². The van der Waals surface area contributed by atoms with Crippen LogP contribution in [0.2, 0.25) is 0 Å². The van der Waals surface area contributed by atoms with Crippen LogP contribution < -0.4 is 0 Å². The van der Waals surface area contributed by atoms with E-state index in [2.05, 4.69) is 10.1 Å². The zero-order valence-electron chi connectivity index (χ0n) is 14.6. The minimum atomic E-state index is 0.0327. The Morgan fingerprint density at radius 3 is 2.96 bits per heavy atom. The van der Waals surface area contributed by atoms with Crippen molar-refractivity contribution in [3.63, 3.8) is 0 Å². The Morgan fingerprint density at radius 2 is 2.25 bits per heavy atom. The summed E-state index contributed by atoms with van der Waals surface area (Å²) in [5.74, 6) is 1.78. The van der Waals surface area contributed by atoms with Gasteiger partial charge in [0.2, 0.25) is 11.8 Å². The first kappa shape index (κ1) is 17.4. The number of aromatic nitrogens is 2. The fourth-order valence-electron chi connectivity index (χ4n) is 3.21. The lowest BCUT2D eigenvalue weighted by atomic mass is 9.97. The number of ether oxygens (including phenoxy) is 2. The van der Waals surface area contributed by atoms with Crippen molar-refractivity contribution in [2.75, 3.05) is 32.9 Å². The average molecular weight is 337 g/mol. The first-order valence-electron chi connectivity index (χ1n) is 8.94. The van der Waals surface area contributed by atoms with E-state index in [1.165, 1.54) is 0 Å². The van der Waals surface area contributed by atoms with Crippen molar-refractivity contribution in [3.8, 4) is 0 Å². The van der Waals surface area contributed by atoms with E-state index >= 15 is 0 Å². The Bertz CT molecular complexity index is 540. The number of piperidine rings is 1. The molecule has 7 heteroatoms. The number of amides is 1. The molecule has 7 nitrogen and oxygen atoms in total. The largest absolute Gasteiger partial charge is 0.376 e. The monoisotopic (exact) mass is 337 g/mol.